The van der Waals surface area contributed by atoms with Crippen LogP contribution in [0.5, 0.6) is 0 Å². The van der Waals surface area contributed by atoms with Crippen molar-refractivity contribution in [1.82, 2.24) is 4.90 Å². The number of para-hydroxylation sites is 1. The molecule has 0 saturated heterocycles. The van der Waals surface area contributed by atoms with Crippen molar-refractivity contribution in [3.63, 3.8) is 0 Å². The third-order valence-corrected chi connectivity index (χ3v) is 4.93. The van der Waals surface area contributed by atoms with Gasteiger partial charge in [0.15, 0.2) is 0 Å². The second kappa shape index (κ2) is 6.54. The molecule has 0 N–H and O–H groups in total. The molecule has 0 saturated carbocycles. The lowest BCUT2D eigenvalue weighted by atomic mass is 10.2. The second-order valence-corrected chi connectivity index (χ2v) is 6.58. The van der Waals surface area contributed by atoms with E-state index in [0.717, 1.165) is 36.0 Å². The molecule has 0 aliphatic carbocycles. The molecule has 5 heteroatoms. The fourth-order valence-electron chi connectivity index (χ4n) is 2.76. The maximum atomic E-state index is 12.7. The number of thiophene rings is 1. The fourth-order valence-corrected chi connectivity index (χ4v) is 3.90. The van der Waals surface area contributed by atoms with Crippen molar-refractivity contribution >= 4 is 38.3 Å². The zero-order valence-electron chi connectivity index (χ0n) is 13.3. The summed E-state index contributed by atoms with van der Waals surface area (Å²) in [5.41, 5.74) is 0.177. The predicted molar refractivity (Wildman–Crippen MR) is 94.4 cm³/mol. The molecule has 120 valence electrons. The lowest BCUT2D eigenvalue weighted by Gasteiger charge is -2.20. The topological polar surface area (TPSA) is 50.5 Å². The Hall–Kier alpha value is -2.14. The summed E-state index contributed by atoms with van der Waals surface area (Å²) in [6.07, 6.45) is 1.84. The van der Waals surface area contributed by atoms with Crippen LogP contribution in [0.15, 0.2) is 39.5 Å². The SMILES string of the molecule is CCCN(CCC)C(=O)c1cc2c(=O)oc3ccccc3c2s1. The molecule has 0 spiro atoms. The van der Waals surface area contributed by atoms with Gasteiger partial charge in [0.2, 0.25) is 0 Å². The van der Waals surface area contributed by atoms with Gasteiger partial charge in [-0.1, -0.05) is 26.0 Å². The van der Waals surface area contributed by atoms with Crippen molar-refractivity contribution in [1.29, 1.82) is 0 Å². The number of benzene rings is 1. The number of hydrogen-bond acceptors (Lipinski definition) is 4. The lowest BCUT2D eigenvalue weighted by molar-refractivity contribution is 0.0760. The molecular formula is C18H19NO3S. The van der Waals surface area contributed by atoms with Gasteiger partial charge in [0.1, 0.15) is 5.58 Å². The molecule has 3 rings (SSSR count). The molecule has 0 atom stereocenters. The number of rotatable bonds is 5. The molecule has 23 heavy (non-hydrogen) atoms. The highest BCUT2D eigenvalue weighted by molar-refractivity contribution is 7.21. The summed E-state index contributed by atoms with van der Waals surface area (Å²) < 4.78 is 6.18. The largest absolute Gasteiger partial charge is 0.422 e. The Morgan fingerprint density at radius 1 is 1.13 bits per heavy atom. The number of carbonyl (C=O) groups is 1. The van der Waals surface area contributed by atoms with Gasteiger partial charge in [0.05, 0.1) is 15.0 Å². The van der Waals surface area contributed by atoms with E-state index in [-0.39, 0.29) is 11.5 Å². The molecule has 0 radical (unpaired) electrons. The highest BCUT2D eigenvalue weighted by Crippen LogP contribution is 2.31. The molecule has 3 aromatic rings. The van der Waals surface area contributed by atoms with Gasteiger partial charge in [-0.2, -0.15) is 0 Å². The van der Waals surface area contributed by atoms with Gasteiger partial charge in [0, 0.05) is 18.5 Å². The molecule has 0 aliphatic rings. The van der Waals surface area contributed by atoms with E-state index in [9.17, 15) is 9.59 Å². The van der Waals surface area contributed by atoms with Crippen LogP contribution >= 0.6 is 11.3 Å². The van der Waals surface area contributed by atoms with Crippen LogP contribution in [-0.2, 0) is 0 Å². The summed E-state index contributed by atoms with van der Waals surface area (Å²) in [4.78, 5) is 27.4. The van der Waals surface area contributed by atoms with Crippen LogP contribution in [0.25, 0.3) is 21.1 Å². The van der Waals surface area contributed by atoms with Crippen molar-refractivity contribution in [3.05, 3.63) is 45.6 Å². The Labute approximate surface area is 138 Å². The zero-order valence-corrected chi connectivity index (χ0v) is 14.1. The first-order valence-electron chi connectivity index (χ1n) is 7.90. The standard InChI is InChI=1S/C18H19NO3S/c1-3-9-19(10-4-2)17(20)15-11-13-16(23-15)12-7-5-6-8-14(12)22-18(13)21/h5-8,11H,3-4,9-10H2,1-2H3. The molecule has 4 nitrogen and oxygen atoms in total. The molecule has 1 aromatic carbocycles. The Morgan fingerprint density at radius 2 is 1.83 bits per heavy atom. The predicted octanol–water partition coefficient (Wildman–Crippen LogP) is 4.27. The maximum absolute atomic E-state index is 12.7. The first kappa shape index (κ1) is 15.7. The first-order valence-corrected chi connectivity index (χ1v) is 8.72. The van der Waals surface area contributed by atoms with Crippen LogP contribution in [0.2, 0.25) is 0 Å². The number of nitrogens with zero attached hydrogens (tertiary/aromatic N) is 1. The minimum atomic E-state index is -0.383. The van der Waals surface area contributed by atoms with Crippen LogP contribution in [0.4, 0.5) is 0 Å². The fraction of sp³-hybridized carbons (Fsp3) is 0.333. The first-order chi connectivity index (χ1) is 11.2. The van der Waals surface area contributed by atoms with Crippen molar-refractivity contribution in [3.8, 4) is 0 Å². The highest BCUT2D eigenvalue weighted by atomic mass is 32.1. The molecule has 2 aromatic heterocycles. The number of fused-ring (bicyclic) bond motifs is 3. The summed E-state index contributed by atoms with van der Waals surface area (Å²) in [5, 5.41) is 1.37. The van der Waals surface area contributed by atoms with Crippen LogP contribution in [0, 0.1) is 0 Å². The Kier molecular flexibility index (Phi) is 4.48. The smallest absolute Gasteiger partial charge is 0.345 e. The van der Waals surface area contributed by atoms with Gasteiger partial charge < -0.3 is 9.32 Å². The summed E-state index contributed by atoms with van der Waals surface area (Å²) in [7, 11) is 0. The van der Waals surface area contributed by atoms with Gasteiger partial charge in [-0.15, -0.1) is 11.3 Å². The highest BCUT2D eigenvalue weighted by Gasteiger charge is 2.19. The summed E-state index contributed by atoms with van der Waals surface area (Å²) in [6, 6.07) is 9.11. The van der Waals surface area contributed by atoms with Gasteiger partial charge in [-0.3, -0.25) is 4.79 Å². The summed E-state index contributed by atoms with van der Waals surface area (Å²) >= 11 is 1.38. The Morgan fingerprint density at radius 3 is 2.52 bits per heavy atom. The normalized spacial score (nSPS) is 11.2. The van der Waals surface area contributed by atoms with Gasteiger partial charge in [-0.05, 0) is 31.0 Å². The molecule has 0 unspecified atom stereocenters. The van der Waals surface area contributed by atoms with E-state index in [0.29, 0.717) is 15.8 Å². The van der Waals surface area contributed by atoms with Crippen LogP contribution in [0.1, 0.15) is 36.4 Å². The molecule has 1 amide bonds. The number of hydrogen-bond donors (Lipinski definition) is 0. The lowest BCUT2D eigenvalue weighted by Crippen LogP contribution is -2.31. The average molecular weight is 329 g/mol. The summed E-state index contributed by atoms with van der Waals surface area (Å²) in [5.74, 6) is -0.00150. The minimum absolute atomic E-state index is 0.00150. The van der Waals surface area contributed by atoms with Crippen LogP contribution < -0.4 is 5.63 Å². The molecular weight excluding hydrogens is 310 g/mol. The average Bonchev–Trinajstić information content (AvgIpc) is 3.00. The van der Waals surface area contributed by atoms with Crippen molar-refractivity contribution in [2.75, 3.05) is 13.1 Å². The molecule has 0 bridgehead atoms. The van der Waals surface area contributed by atoms with Gasteiger partial charge in [0.25, 0.3) is 5.91 Å². The summed E-state index contributed by atoms with van der Waals surface area (Å²) in [6.45, 7) is 5.58. The number of carbonyl (C=O) groups excluding carboxylic acids is 1. The van der Waals surface area contributed by atoms with Crippen molar-refractivity contribution in [2.24, 2.45) is 0 Å². The van der Waals surface area contributed by atoms with E-state index >= 15 is 0 Å². The molecule has 2 heterocycles. The van der Waals surface area contributed by atoms with E-state index in [1.54, 1.807) is 12.1 Å². The second-order valence-electron chi connectivity index (χ2n) is 5.53. The minimum Gasteiger partial charge on any atom is -0.422 e. The third kappa shape index (κ3) is 2.88. The number of amides is 1. The van der Waals surface area contributed by atoms with E-state index in [1.165, 1.54) is 11.3 Å². The quantitative estimate of drug-likeness (QED) is 0.657. The monoisotopic (exact) mass is 329 g/mol. The van der Waals surface area contributed by atoms with E-state index in [1.807, 2.05) is 23.1 Å². The van der Waals surface area contributed by atoms with E-state index in [2.05, 4.69) is 13.8 Å². The molecule has 0 fully saturated rings. The van der Waals surface area contributed by atoms with E-state index in [4.69, 9.17) is 4.42 Å². The van der Waals surface area contributed by atoms with Gasteiger partial charge in [-0.25, -0.2) is 4.79 Å². The Bertz CT molecular complexity index is 903. The zero-order chi connectivity index (χ0) is 16.4. The molecule has 0 aliphatic heterocycles. The maximum Gasteiger partial charge on any atom is 0.345 e. The van der Waals surface area contributed by atoms with Crippen LogP contribution in [-0.4, -0.2) is 23.9 Å². The van der Waals surface area contributed by atoms with E-state index < -0.39 is 0 Å². The van der Waals surface area contributed by atoms with Crippen molar-refractivity contribution < 1.29 is 9.21 Å². The third-order valence-electron chi connectivity index (χ3n) is 3.77. The van der Waals surface area contributed by atoms with Gasteiger partial charge >= 0.3 is 5.63 Å². The Balaban J connectivity index is 2.12. The van der Waals surface area contributed by atoms with Crippen molar-refractivity contribution in [2.45, 2.75) is 26.7 Å². The van der Waals surface area contributed by atoms with Crippen LogP contribution in [0.3, 0.4) is 0 Å².